The molecule has 9 heteroatoms. The second-order valence-corrected chi connectivity index (χ2v) is 5.32. The van der Waals surface area contributed by atoms with Crippen LogP contribution >= 0.6 is 11.6 Å². The molecule has 0 heterocycles. The van der Waals surface area contributed by atoms with Crippen LogP contribution in [0.4, 0.5) is 13.2 Å². The van der Waals surface area contributed by atoms with Crippen LogP contribution in [-0.4, -0.2) is 44.3 Å². The molecule has 0 aromatic heterocycles. The van der Waals surface area contributed by atoms with E-state index in [1.54, 1.807) is 24.3 Å². The normalized spacial score (nSPS) is 11.2. The van der Waals surface area contributed by atoms with Crippen LogP contribution in [0.15, 0.2) is 24.3 Å². The van der Waals surface area contributed by atoms with Crippen molar-refractivity contribution >= 4 is 23.4 Å². The fourth-order valence-corrected chi connectivity index (χ4v) is 1.82. The molecule has 0 aliphatic carbocycles. The SMILES string of the molecule is O=C(CCCNC(=O)c1ccc(Cl)cc1)NCCOCC(F)(F)F. The third-order valence-electron chi connectivity index (χ3n) is 2.81. The minimum absolute atomic E-state index is 0.00600. The Balaban J connectivity index is 2.07. The Bertz CT molecular complexity index is 536. The first kappa shape index (κ1) is 20.2. The van der Waals surface area contributed by atoms with Gasteiger partial charge in [-0.1, -0.05) is 11.6 Å². The summed E-state index contributed by atoms with van der Waals surface area (Å²) in [6.07, 6.45) is -3.80. The van der Waals surface area contributed by atoms with Crippen molar-refractivity contribution < 1.29 is 27.5 Å². The van der Waals surface area contributed by atoms with Crippen LogP contribution in [0.3, 0.4) is 0 Å². The van der Waals surface area contributed by atoms with Gasteiger partial charge in [-0.05, 0) is 30.7 Å². The molecule has 1 rings (SSSR count). The molecule has 2 N–H and O–H groups in total. The van der Waals surface area contributed by atoms with Gasteiger partial charge in [-0.15, -0.1) is 0 Å². The van der Waals surface area contributed by atoms with Crippen LogP contribution in [0.2, 0.25) is 5.02 Å². The lowest BCUT2D eigenvalue weighted by Crippen LogP contribution is -2.30. The van der Waals surface area contributed by atoms with Crippen molar-refractivity contribution in [3.8, 4) is 0 Å². The first-order valence-corrected chi connectivity index (χ1v) is 7.61. The predicted molar refractivity (Wildman–Crippen MR) is 82.9 cm³/mol. The Morgan fingerprint density at radius 2 is 1.75 bits per heavy atom. The molecule has 0 atom stereocenters. The summed E-state index contributed by atoms with van der Waals surface area (Å²) in [7, 11) is 0. The average Bonchev–Trinajstić information content (AvgIpc) is 2.50. The van der Waals surface area contributed by atoms with E-state index in [9.17, 15) is 22.8 Å². The number of rotatable bonds is 9. The summed E-state index contributed by atoms with van der Waals surface area (Å²) >= 11 is 5.72. The van der Waals surface area contributed by atoms with Gasteiger partial charge in [-0.25, -0.2) is 0 Å². The molecular weight excluding hydrogens is 349 g/mol. The van der Waals surface area contributed by atoms with Crippen LogP contribution < -0.4 is 10.6 Å². The maximum absolute atomic E-state index is 11.8. The molecule has 0 bridgehead atoms. The summed E-state index contributed by atoms with van der Waals surface area (Å²) in [4.78, 5) is 23.2. The Morgan fingerprint density at radius 1 is 1.08 bits per heavy atom. The number of alkyl halides is 3. The quantitative estimate of drug-likeness (QED) is 0.660. The lowest BCUT2D eigenvalue weighted by molar-refractivity contribution is -0.173. The smallest absolute Gasteiger partial charge is 0.370 e. The summed E-state index contributed by atoms with van der Waals surface area (Å²) in [5.74, 6) is -0.584. The molecule has 0 unspecified atom stereocenters. The number of benzene rings is 1. The molecule has 1 aromatic rings. The van der Waals surface area contributed by atoms with E-state index in [-0.39, 0.29) is 31.4 Å². The van der Waals surface area contributed by atoms with E-state index in [4.69, 9.17) is 11.6 Å². The summed E-state index contributed by atoms with van der Waals surface area (Å²) < 4.78 is 39.8. The zero-order valence-electron chi connectivity index (χ0n) is 12.8. The van der Waals surface area contributed by atoms with E-state index >= 15 is 0 Å². The fraction of sp³-hybridized carbons (Fsp3) is 0.467. The van der Waals surface area contributed by atoms with Crippen molar-refractivity contribution in [3.63, 3.8) is 0 Å². The molecule has 134 valence electrons. The summed E-state index contributed by atoms with van der Waals surface area (Å²) in [5.41, 5.74) is 0.464. The van der Waals surface area contributed by atoms with Crippen LogP contribution in [0, 0.1) is 0 Å². The van der Waals surface area contributed by atoms with Crippen molar-refractivity contribution in [2.24, 2.45) is 0 Å². The number of nitrogens with one attached hydrogen (secondary N) is 2. The van der Waals surface area contributed by atoms with Gasteiger partial charge in [-0.3, -0.25) is 9.59 Å². The number of amides is 2. The highest BCUT2D eigenvalue weighted by Crippen LogP contribution is 2.14. The zero-order chi connectivity index (χ0) is 18.0. The minimum atomic E-state index is -4.37. The monoisotopic (exact) mass is 366 g/mol. The number of carbonyl (C=O) groups is 2. The first-order valence-electron chi connectivity index (χ1n) is 7.23. The minimum Gasteiger partial charge on any atom is -0.370 e. The van der Waals surface area contributed by atoms with Gasteiger partial charge in [-0.2, -0.15) is 13.2 Å². The van der Waals surface area contributed by atoms with Gasteiger partial charge in [0.2, 0.25) is 5.91 Å². The van der Waals surface area contributed by atoms with Gasteiger partial charge >= 0.3 is 6.18 Å². The van der Waals surface area contributed by atoms with Crippen LogP contribution in [-0.2, 0) is 9.53 Å². The Hall–Kier alpha value is -1.80. The molecule has 0 aliphatic rings. The van der Waals surface area contributed by atoms with E-state index in [1.807, 2.05) is 0 Å². The van der Waals surface area contributed by atoms with E-state index in [2.05, 4.69) is 15.4 Å². The Kier molecular flexibility index (Phi) is 8.56. The van der Waals surface area contributed by atoms with Crippen molar-refractivity contribution in [2.75, 3.05) is 26.3 Å². The Labute approximate surface area is 142 Å². The maximum Gasteiger partial charge on any atom is 0.411 e. The van der Waals surface area contributed by atoms with E-state index in [0.29, 0.717) is 23.6 Å². The molecule has 0 saturated carbocycles. The maximum atomic E-state index is 11.8. The van der Waals surface area contributed by atoms with Crippen molar-refractivity contribution in [1.29, 1.82) is 0 Å². The van der Waals surface area contributed by atoms with Crippen LogP contribution in [0.25, 0.3) is 0 Å². The van der Waals surface area contributed by atoms with Gasteiger partial charge in [0.15, 0.2) is 0 Å². The molecule has 0 aliphatic heterocycles. The van der Waals surface area contributed by atoms with Gasteiger partial charge in [0.05, 0.1) is 6.61 Å². The zero-order valence-corrected chi connectivity index (χ0v) is 13.5. The molecule has 0 spiro atoms. The molecule has 0 saturated heterocycles. The van der Waals surface area contributed by atoms with Crippen LogP contribution in [0.5, 0.6) is 0 Å². The number of hydrogen-bond acceptors (Lipinski definition) is 3. The predicted octanol–water partition coefficient (Wildman–Crippen LogP) is 2.55. The molecular formula is C15H18ClF3N2O3. The van der Waals surface area contributed by atoms with Crippen molar-refractivity contribution in [1.82, 2.24) is 10.6 Å². The molecule has 5 nitrogen and oxygen atoms in total. The van der Waals surface area contributed by atoms with Gasteiger partial charge in [0.1, 0.15) is 6.61 Å². The average molecular weight is 367 g/mol. The van der Waals surface area contributed by atoms with Gasteiger partial charge < -0.3 is 15.4 Å². The number of carbonyl (C=O) groups excluding carboxylic acids is 2. The van der Waals surface area contributed by atoms with E-state index < -0.39 is 12.8 Å². The summed E-state index contributed by atoms with van der Waals surface area (Å²) in [5, 5.41) is 5.62. The Morgan fingerprint density at radius 3 is 2.38 bits per heavy atom. The molecule has 0 fully saturated rings. The van der Waals surface area contributed by atoms with Crippen molar-refractivity contribution in [3.05, 3.63) is 34.9 Å². The molecule has 1 aromatic carbocycles. The number of ether oxygens (including phenoxy) is 1. The van der Waals surface area contributed by atoms with E-state index in [1.165, 1.54) is 0 Å². The highest BCUT2D eigenvalue weighted by atomic mass is 35.5. The lowest BCUT2D eigenvalue weighted by Gasteiger charge is -2.09. The summed E-state index contributed by atoms with van der Waals surface area (Å²) in [6, 6.07) is 6.38. The topological polar surface area (TPSA) is 67.4 Å². The second kappa shape index (κ2) is 10.1. The molecule has 2 amide bonds. The highest BCUT2D eigenvalue weighted by molar-refractivity contribution is 6.30. The second-order valence-electron chi connectivity index (χ2n) is 4.88. The third-order valence-corrected chi connectivity index (χ3v) is 3.06. The molecule has 24 heavy (non-hydrogen) atoms. The van der Waals surface area contributed by atoms with Crippen LogP contribution in [0.1, 0.15) is 23.2 Å². The highest BCUT2D eigenvalue weighted by Gasteiger charge is 2.27. The fourth-order valence-electron chi connectivity index (χ4n) is 1.69. The third kappa shape index (κ3) is 9.36. The molecule has 0 radical (unpaired) electrons. The number of halogens is 4. The van der Waals surface area contributed by atoms with Gasteiger partial charge in [0, 0.05) is 30.1 Å². The van der Waals surface area contributed by atoms with Gasteiger partial charge in [0.25, 0.3) is 5.91 Å². The first-order chi connectivity index (χ1) is 11.3. The lowest BCUT2D eigenvalue weighted by atomic mass is 10.2. The number of hydrogen-bond donors (Lipinski definition) is 2. The van der Waals surface area contributed by atoms with E-state index in [0.717, 1.165) is 0 Å². The largest absolute Gasteiger partial charge is 0.411 e. The standard InChI is InChI=1S/C15H18ClF3N2O3/c16-12-5-3-11(4-6-12)14(23)21-7-1-2-13(22)20-8-9-24-10-15(17,18)19/h3-6H,1-2,7-10H2,(H,20,22)(H,21,23). The summed E-state index contributed by atoms with van der Waals surface area (Å²) in [6.45, 7) is -1.23. The van der Waals surface area contributed by atoms with Crippen molar-refractivity contribution in [2.45, 2.75) is 19.0 Å².